The van der Waals surface area contributed by atoms with Gasteiger partial charge in [-0.3, -0.25) is 10.1 Å². The first kappa shape index (κ1) is 10.4. The van der Waals surface area contributed by atoms with Crippen LogP contribution >= 0.6 is 0 Å². The smallest absolute Gasteiger partial charge is 0.141 e. The summed E-state index contributed by atoms with van der Waals surface area (Å²) in [5.74, 6) is 0.0523. The molecule has 0 radical (unpaired) electrons. The quantitative estimate of drug-likeness (QED) is 0.604. The Labute approximate surface area is 94.2 Å². The lowest BCUT2D eigenvalue weighted by atomic mass is 10.1. The second kappa shape index (κ2) is 4.18. The Kier molecular flexibility index (Phi) is 2.72. The second-order valence-corrected chi connectivity index (χ2v) is 3.51. The van der Waals surface area contributed by atoms with Crippen LogP contribution < -0.4 is 5.73 Å². The van der Waals surface area contributed by atoms with Gasteiger partial charge in [0.25, 0.3) is 0 Å². The molecule has 0 saturated carbocycles. The Morgan fingerprint density at radius 3 is 2.56 bits per heavy atom. The maximum atomic E-state index is 7.47. The van der Waals surface area contributed by atoms with E-state index in [2.05, 4.69) is 5.10 Å². The molecule has 4 nitrogen and oxygen atoms in total. The summed E-state index contributed by atoms with van der Waals surface area (Å²) in [6, 6.07) is 11.7. The number of nitrogen functional groups attached to an aromatic ring is 1. The van der Waals surface area contributed by atoms with Crippen LogP contribution in [0.5, 0.6) is 0 Å². The largest absolute Gasteiger partial charge is 0.382 e. The van der Waals surface area contributed by atoms with E-state index < -0.39 is 0 Å². The monoisotopic (exact) mass is 214 g/mol. The van der Waals surface area contributed by atoms with Crippen LogP contribution in [0.25, 0.3) is 11.3 Å². The van der Waals surface area contributed by atoms with Crippen LogP contribution in [-0.2, 0) is 6.54 Å². The Morgan fingerprint density at radius 1 is 1.38 bits per heavy atom. The van der Waals surface area contributed by atoms with Crippen LogP contribution in [0.15, 0.2) is 36.4 Å². The number of rotatable bonds is 3. The molecule has 0 amide bonds. The fraction of sp³-hybridized carbons (Fsp3) is 0.167. The summed E-state index contributed by atoms with van der Waals surface area (Å²) in [5, 5.41) is 11.9. The maximum absolute atomic E-state index is 7.47. The van der Waals surface area contributed by atoms with Crippen LogP contribution in [0.1, 0.15) is 12.6 Å². The van der Waals surface area contributed by atoms with Crippen LogP contribution in [0.3, 0.4) is 0 Å². The fourth-order valence-electron chi connectivity index (χ4n) is 1.62. The molecular formula is C12H14N4. The zero-order chi connectivity index (χ0) is 11.5. The topological polar surface area (TPSA) is 67.7 Å². The molecule has 1 aromatic heterocycles. The summed E-state index contributed by atoms with van der Waals surface area (Å²) in [7, 11) is 0. The second-order valence-electron chi connectivity index (χ2n) is 3.51. The van der Waals surface area contributed by atoms with E-state index in [1.165, 1.54) is 0 Å². The number of nitrogens with two attached hydrogens (primary N) is 1. The van der Waals surface area contributed by atoms with Gasteiger partial charge >= 0.3 is 0 Å². The van der Waals surface area contributed by atoms with E-state index in [-0.39, 0.29) is 5.84 Å². The minimum atomic E-state index is 0.0523. The van der Waals surface area contributed by atoms with Crippen LogP contribution in [0, 0.1) is 5.41 Å². The Morgan fingerprint density at radius 2 is 2.06 bits per heavy atom. The number of aromatic nitrogens is 2. The molecule has 0 aliphatic heterocycles. The summed E-state index contributed by atoms with van der Waals surface area (Å²) in [5.41, 5.74) is 8.07. The maximum Gasteiger partial charge on any atom is 0.141 e. The molecule has 0 spiro atoms. The molecule has 4 heteroatoms. The average Bonchev–Trinajstić information content (AvgIpc) is 2.74. The SMILES string of the molecule is CCn1nc(-c2ccccc2)cc1C(=N)N. The van der Waals surface area contributed by atoms with E-state index in [1.54, 1.807) is 4.68 Å². The highest BCUT2D eigenvalue weighted by atomic mass is 15.3. The lowest BCUT2D eigenvalue weighted by Crippen LogP contribution is -2.16. The molecule has 0 saturated heterocycles. The number of hydrogen-bond acceptors (Lipinski definition) is 2. The number of benzene rings is 1. The van der Waals surface area contributed by atoms with Crippen molar-refractivity contribution >= 4 is 5.84 Å². The predicted molar refractivity (Wildman–Crippen MR) is 64.4 cm³/mol. The van der Waals surface area contributed by atoms with Crippen LogP contribution in [-0.4, -0.2) is 15.6 Å². The highest BCUT2D eigenvalue weighted by Crippen LogP contribution is 2.18. The molecule has 2 aromatic rings. The van der Waals surface area contributed by atoms with Crippen molar-refractivity contribution < 1.29 is 0 Å². The van der Waals surface area contributed by atoms with Crippen molar-refractivity contribution in [2.45, 2.75) is 13.5 Å². The van der Waals surface area contributed by atoms with E-state index in [1.807, 2.05) is 43.3 Å². The third-order valence-electron chi connectivity index (χ3n) is 2.43. The highest BCUT2D eigenvalue weighted by molar-refractivity contribution is 5.94. The first-order valence-electron chi connectivity index (χ1n) is 5.20. The minimum Gasteiger partial charge on any atom is -0.382 e. The molecule has 3 N–H and O–H groups in total. The first-order chi connectivity index (χ1) is 7.72. The molecule has 1 aromatic carbocycles. The molecule has 16 heavy (non-hydrogen) atoms. The summed E-state index contributed by atoms with van der Waals surface area (Å²) in [6.07, 6.45) is 0. The van der Waals surface area contributed by atoms with Crippen LogP contribution in [0.4, 0.5) is 0 Å². The zero-order valence-corrected chi connectivity index (χ0v) is 9.14. The van der Waals surface area contributed by atoms with Gasteiger partial charge in [0.15, 0.2) is 0 Å². The van der Waals surface area contributed by atoms with Crippen molar-refractivity contribution in [1.29, 1.82) is 5.41 Å². The van der Waals surface area contributed by atoms with E-state index in [0.717, 1.165) is 11.3 Å². The van der Waals surface area contributed by atoms with Gasteiger partial charge in [0.2, 0.25) is 0 Å². The number of amidine groups is 1. The molecular weight excluding hydrogens is 200 g/mol. The predicted octanol–water partition coefficient (Wildman–Crippen LogP) is 1.85. The number of nitrogens with one attached hydrogen (secondary N) is 1. The van der Waals surface area contributed by atoms with Gasteiger partial charge in [-0.05, 0) is 13.0 Å². The third kappa shape index (κ3) is 1.82. The number of nitrogens with zero attached hydrogens (tertiary/aromatic N) is 2. The normalized spacial score (nSPS) is 10.3. The van der Waals surface area contributed by atoms with E-state index in [9.17, 15) is 0 Å². The summed E-state index contributed by atoms with van der Waals surface area (Å²) >= 11 is 0. The van der Waals surface area contributed by atoms with Gasteiger partial charge in [-0.1, -0.05) is 30.3 Å². The van der Waals surface area contributed by atoms with Gasteiger partial charge in [-0.15, -0.1) is 0 Å². The summed E-state index contributed by atoms with van der Waals surface area (Å²) in [4.78, 5) is 0. The van der Waals surface area contributed by atoms with Crippen molar-refractivity contribution in [2.75, 3.05) is 0 Å². The number of aryl methyl sites for hydroxylation is 1. The van der Waals surface area contributed by atoms with Gasteiger partial charge < -0.3 is 5.73 Å². The Balaban J connectivity index is 2.48. The van der Waals surface area contributed by atoms with Gasteiger partial charge in [-0.2, -0.15) is 5.10 Å². The van der Waals surface area contributed by atoms with Gasteiger partial charge in [0, 0.05) is 12.1 Å². The molecule has 0 aliphatic rings. The van der Waals surface area contributed by atoms with Crippen molar-refractivity contribution in [3.63, 3.8) is 0 Å². The van der Waals surface area contributed by atoms with Crippen molar-refractivity contribution in [3.05, 3.63) is 42.1 Å². The zero-order valence-electron chi connectivity index (χ0n) is 9.14. The highest BCUT2D eigenvalue weighted by Gasteiger charge is 2.09. The first-order valence-corrected chi connectivity index (χ1v) is 5.20. The summed E-state index contributed by atoms with van der Waals surface area (Å²) < 4.78 is 1.74. The Bertz CT molecular complexity index is 499. The van der Waals surface area contributed by atoms with Gasteiger partial charge in [0.1, 0.15) is 11.5 Å². The fourth-order valence-corrected chi connectivity index (χ4v) is 1.62. The van der Waals surface area contributed by atoms with Crippen molar-refractivity contribution in [3.8, 4) is 11.3 Å². The lowest BCUT2D eigenvalue weighted by Gasteiger charge is -2.00. The molecule has 82 valence electrons. The summed E-state index contributed by atoms with van der Waals surface area (Å²) in [6.45, 7) is 2.69. The standard InChI is InChI=1S/C12H14N4/c1-2-16-11(12(13)14)8-10(15-16)9-6-4-3-5-7-9/h3-8H,2H2,1H3,(H3,13,14). The molecule has 2 rings (SSSR count). The molecule has 0 bridgehead atoms. The van der Waals surface area contributed by atoms with E-state index >= 15 is 0 Å². The van der Waals surface area contributed by atoms with E-state index in [0.29, 0.717) is 12.2 Å². The third-order valence-corrected chi connectivity index (χ3v) is 2.43. The van der Waals surface area contributed by atoms with Crippen LogP contribution in [0.2, 0.25) is 0 Å². The molecule has 0 aliphatic carbocycles. The van der Waals surface area contributed by atoms with Crippen molar-refractivity contribution in [2.24, 2.45) is 5.73 Å². The molecule has 0 fully saturated rings. The molecule has 0 unspecified atom stereocenters. The van der Waals surface area contributed by atoms with Gasteiger partial charge in [0.05, 0.1) is 5.69 Å². The Hall–Kier alpha value is -2.10. The molecule has 0 atom stereocenters. The minimum absolute atomic E-state index is 0.0523. The average molecular weight is 214 g/mol. The molecule has 1 heterocycles. The van der Waals surface area contributed by atoms with E-state index in [4.69, 9.17) is 11.1 Å². The number of hydrogen-bond donors (Lipinski definition) is 2. The van der Waals surface area contributed by atoms with Crippen molar-refractivity contribution in [1.82, 2.24) is 9.78 Å². The lowest BCUT2D eigenvalue weighted by molar-refractivity contribution is 0.655. The van der Waals surface area contributed by atoms with Gasteiger partial charge in [-0.25, -0.2) is 0 Å².